The summed E-state index contributed by atoms with van der Waals surface area (Å²) in [6, 6.07) is 7.53. The Balaban J connectivity index is 1.39. The maximum atomic E-state index is 12.6. The van der Waals surface area contributed by atoms with Crippen molar-refractivity contribution in [2.45, 2.75) is 55.9 Å². The Morgan fingerprint density at radius 3 is 2.63 bits per heavy atom. The van der Waals surface area contributed by atoms with E-state index in [9.17, 15) is 13.2 Å². The molecule has 1 saturated carbocycles. The van der Waals surface area contributed by atoms with E-state index < -0.39 is 9.84 Å². The van der Waals surface area contributed by atoms with Crippen molar-refractivity contribution in [3.63, 3.8) is 0 Å². The average molecular weight is 408 g/mol. The molecule has 2 fully saturated rings. The van der Waals surface area contributed by atoms with Gasteiger partial charge in [0.2, 0.25) is 0 Å². The van der Waals surface area contributed by atoms with Crippen molar-refractivity contribution in [2.24, 2.45) is 4.99 Å². The average Bonchev–Trinajstić information content (AvgIpc) is 2.97. The summed E-state index contributed by atoms with van der Waals surface area (Å²) in [5.74, 6) is 0.301. The third-order valence-electron chi connectivity index (χ3n) is 5.38. The molecule has 0 spiro atoms. The third kappa shape index (κ3) is 4.66. The van der Waals surface area contributed by atoms with Crippen LogP contribution in [0.2, 0.25) is 0 Å². The van der Waals surface area contributed by atoms with Crippen molar-refractivity contribution in [2.75, 3.05) is 16.8 Å². The second-order valence-electron chi connectivity index (χ2n) is 7.60. The zero-order valence-electron chi connectivity index (χ0n) is 15.2. The Morgan fingerprint density at radius 1 is 1.11 bits per heavy atom. The van der Waals surface area contributed by atoms with Gasteiger partial charge in [-0.05, 0) is 31.0 Å². The molecule has 1 aromatic rings. The minimum absolute atomic E-state index is 0.0132. The second kappa shape index (κ2) is 7.83. The maximum absolute atomic E-state index is 12.6. The predicted octanol–water partition coefficient (Wildman–Crippen LogP) is 2.82. The molecular weight excluding hydrogens is 382 g/mol. The van der Waals surface area contributed by atoms with Gasteiger partial charge < -0.3 is 10.6 Å². The molecule has 2 unspecified atom stereocenters. The van der Waals surface area contributed by atoms with Crippen LogP contribution in [0.4, 0.5) is 5.69 Å². The normalized spacial score (nSPS) is 27.5. The first-order chi connectivity index (χ1) is 13.0. The molecule has 0 radical (unpaired) electrons. The fraction of sp³-hybridized carbons (Fsp3) is 0.579. The van der Waals surface area contributed by atoms with Crippen LogP contribution in [0.25, 0.3) is 0 Å². The highest BCUT2D eigenvalue weighted by molar-refractivity contribution is 8.15. The van der Waals surface area contributed by atoms with Crippen LogP contribution in [-0.2, 0) is 9.84 Å². The number of thioether (sulfide) groups is 1. The lowest BCUT2D eigenvalue weighted by molar-refractivity contribution is 0.0933. The Morgan fingerprint density at radius 2 is 1.89 bits per heavy atom. The number of carbonyl (C=O) groups is 1. The molecule has 0 aromatic heterocycles. The molecule has 1 aromatic carbocycles. The molecule has 2 N–H and O–H groups in total. The van der Waals surface area contributed by atoms with Gasteiger partial charge in [0, 0.05) is 22.5 Å². The standard InChI is InChI=1S/C19H25N3O3S2/c23-18(20-14-7-3-1-2-4-8-14)13-6-5-9-15(10-13)21-19-22-16-11-27(24,25)12-17(16)26-19/h5-6,9-10,14,16-17H,1-4,7-8,11-12H2,(H,20,23)(H,21,22). The van der Waals surface area contributed by atoms with Crippen LogP contribution < -0.4 is 10.6 Å². The highest BCUT2D eigenvalue weighted by Gasteiger charge is 2.42. The molecule has 0 bridgehead atoms. The van der Waals surface area contributed by atoms with Gasteiger partial charge in [0.15, 0.2) is 15.0 Å². The molecule has 2 aliphatic heterocycles. The quantitative estimate of drug-likeness (QED) is 0.753. The first-order valence-electron chi connectivity index (χ1n) is 9.61. The number of anilines is 1. The number of hydrogen-bond donors (Lipinski definition) is 2. The van der Waals surface area contributed by atoms with Crippen LogP contribution in [0.1, 0.15) is 48.9 Å². The number of aliphatic imine (C=N–C) groups is 1. The molecule has 2 heterocycles. The predicted molar refractivity (Wildman–Crippen MR) is 110 cm³/mol. The van der Waals surface area contributed by atoms with E-state index >= 15 is 0 Å². The van der Waals surface area contributed by atoms with Crippen LogP contribution in [0.3, 0.4) is 0 Å². The number of amides is 1. The monoisotopic (exact) mass is 407 g/mol. The summed E-state index contributed by atoms with van der Waals surface area (Å²) in [6.45, 7) is 0. The van der Waals surface area contributed by atoms with Gasteiger partial charge in [-0.1, -0.05) is 43.5 Å². The Labute approximate surface area is 164 Å². The summed E-state index contributed by atoms with van der Waals surface area (Å²) in [4.78, 5) is 17.1. The largest absolute Gasteiger partial charge is 0.349 e. The van der Waals surface area contributed by atoms with Crippen molar-refractivity contribution in [1.82, 2.24) is 5.32 Å². The van der Waals surface area contributed by atoms with Gasteiger partial charge in [0.05, 0.1) is 17.5 Å². The van der Waals surface area contributed by atoms with E-state index in [1.54, 1.807) is 0 Å². The van der Waals surface area contributed by atoms with Crippen molar-refractivity contribution in [3.8, 4) is 0 Å². The highest BCUT2D eigenvalue weighted by Crippen LogP contribution is 2.34. The van der Waals surface area contributed by atoms with Gasteiger partial charge in [-0.2, -0.15) is 0 Å². The molecule has 2 atom stereocenters. The van der Waals surface area contributed by atoms with E-state index in [0.717, 1.165) is 23.7 Å². The lowest BCUT2D eigenvalue weighted by Gasteiger charge is -2.16. The zero-order valence-corrected chi connectivity index (χ0v) is 16.8. The van der Waals surface area contributed by atoms with Crippen LogP contribution in [0.15, 0.2) is 29.3 Å². The number of carbonyl (C=O) groups excluding carboxylic acids is 1. The minimum atomic E-state index is -2.95. The number of rotatable bonds is 3. The van der Waals surface area contributed by atoms with E-state index in [0.29, 0.717) is 5.56 Å². The van der Waals surface area contributed by atoms with Gasteiger partial charge in [0.1, 0.15) is 0 Å². The molecule has 146 valence electrons. The Kier molecular flexibility index (Phi) is 5.45. The first-order valence-corrected chi connectivity index (χ1v) is 12.3. The number of sulfone groups is 1. The van der Waals surface area contributed by atoms with Gasteiger partial charge in [0.25, 0.3) is 5.91 Å². The van der Waals surface area contributed by atoms with E-state index in [1.165, 1.54) is 37.4 Å². The summed E-state index contributed by atoms with van der Waals surface area (Å²) in [6.07, 6.45) is 7.00. The summed E-state index contributed by atoms with van der Waals surface area (Å²) in [7, 11) is -2.95. The molecule has 1 amide bonds. The molecule has 6 nitrogen and oxygen atoms in total. The fourth-order valence-electron chi connectivity index (χ4n) is 3.97. The first kappa shape index (κ1) is 18.8. The number of amidine groups is 1. The van der Waals surface area contributed by atoms with E-state index in [-0.39, 0.29) is 34.7 Å². The van der Waals surface area contributed by atoms with Crippen LogP contribution >= 0.6 is 11.8 Å². The third-order valence-corrected chi connectivity index (χ3v) is 8.53. The van der Waals surface area contributed by atoms with Crippen molar-refractivity contribution >= 4 is 38.4 Å². The van der Waals surface area contributed by atoms with E-state index in [4.69, 9.17) is 0 Å². The zero-order chi connectivity index (χ0) is 18.9. The fourth-order valence-corrected chi connectivity index (χ4v) is 7.65. The smallest absolute Gasteiger partial charge is 0.251 e. The van der Waals surface area contributed by atoms with Crippen molar-refractivity contribution in [1.29, 1.82) is 0 Å². The van der Waals surface area contributed by atoms with E-state index in [1.807, 2.05) is 24.3 Å². The van der Waals surface area contributed by atoms with Crippen molar-refractivity contribution in [3.05, 3.63) is 29.8 Å². The molecule has 27 heavy (non-hydrogen) atoms. The van der Waals surface area contributed by atoms with Crippen molar-refractivity contribution < 1.29 is 13.2 Å². The van der Waals surface area contributed by atoms with Gasteiger partial charge in [-0.15, -0.1) is 0 Å². The summed E-state index contributed by atoms with van der Waals surface area (Å²) in [5, 5.41) is 7.16. The molecule has 8 heteroatoms. The Bertz CT molecular complexity index is 846. The summed E-state index contributed by atoms with van der Waals surface area (Å²) >= 11 is 1.48. The second-order valence-corrected chi connectivity index (χ2v) is 11.0. The number of nitrogens with zero attached hydrogens (tertiary/aromatic N) is 1. The lowest BCUT2D eigenvalue weighted by Crippen LogP contribution is -2.34. The van der Waals surface area contributed by atoms with Crippen LogP contribution in [0.5, 0.6) is 0 Å². The van der Waals surface area contributed by atoms with Gasteiger partial charge in [-0.3, -0.25) is 9.79 Å². The molecule has 1 aliphatic carbocycles. The maximum Gasteiger partial charge on any atom is 0.251 e. The highest BCUT2D eigenvalue weighted by atomic mass is 32.2. The Hall–Kier alpha value is -1.54. The molecule has 3 aliphatic rings. The molecule has 4 rings (SSSR count). The number of nitrogens with one attached hydrogen (secondary N) is 2. The summed E-state index contributed by atoms with van der Waals surface area (Å²) < 4.78 is 23.3. The van der Waals surface area contributed by atoms with E-state index in [2.05, 4.69) is 15.6 Å². The van der Waals surface area contributed by atoms with Crippen LogP contribution in [-0.4, -0.2) is 48.3 Å². The SMILES string of the molecule is O=C(NC1CCCCCC1)c1cccc(NC2=NC3CS(=O)(=O)CC3S2)c1. The summed E-state index contributed by atoms with van der Waals surface area (Å²) in [5.41, 5.74) is 1.44. The number of hydrogen-bond acceptors (Lipinski definition) is 6. The molecular formula is C19H25N3O3S2. The van der Waals surface area contributed by atoms with Gasteiger partial charge in [-0.25, -0.2) is 8.42 Å². The molecule has 1 saturated heterocycles. The number of benzene rings is 1. The topological polar surface area (TPSA) is 87.6 Å². The minimum Gasteiger partial charge on any atom is -0.349 e. The van der Waals surface area contributed by atoms with Crippen LogP contribution in [0, 0.1) is 0 Å². The number of fused-ring (bicyclic) bond motifs is 1. The lowest BCUT2D eigenvalue weighted by atomic mass is 10.1. The van der Waals surface area contributed by atoms with Gasteiger partial charge >= 0.3 is 0 Å².